The molecule has 0 fully saturated rings. The third kappa shape index (κ3) is 3.03. The number of rotatable bonds is 1. The lowest BCUT2D eigenvalue weighted by molar-refractivity contribution is -0.137. The van der Waals surface area contributed by atoms with E-state index in [-0.39, 0.29) is 5.41 Å². The maximum absolute atomic E-state index is 12.8. The van der Waals surface area contributed by atoms with Gasteiger partial charge >= 0.3 is 6.18 Å². The van der Waals surface area contributed by atoms with E-state index in [0.29, 0.717) is 29.5 Å². The number of allylic oxidation sites excluding steroid dienone is 1. The van der Waals surface area contributed by atoms with Crippen molar-refractivity contribution in [2.75, 3.05) is 0 Å². The van der Waals surface area contributed by atoms with Gasteiger partial charge in [-0.3, -0.25) is 4.79 Å². The molecular weight excluding hydrogens is 267 g/mol. The molecule has 2 rings (SSSR count). The first-order valence-corrected chi connectivity index (χ1v) is 6.29. The minimum Gasteiger partial charge on any atom is -0.366 e. The summed E-state index contributed by atoms with van der Waals surface area (Å²) in [6, 6.07) is 3.65. The molecule has 0 radical (unpaired) electrons. The summed E-state index contributed by atoms with van der Waals surface area (Å²) in [4.78, 5) is 11.1. The number of carbonyl (C=O) groups is 1. The van der Waals surface area contributed by atoms with Crippen molar-refractivity contribution in [3.05, 3.63) is 41.0 Å². The Labute approximate surface area is 115 Å². The van der Waals surface area contributed by atoms with Crippen LogP contribution in [0.15, 0.2) is 24.3 Å². The van der Waals surface area contributed by atoms with Crippen molar-refractivity contribution in [3.63, 3.8) is 0 Å². The van der Waals surface area contributed by atoms with Gasteiger partial charge in [-0.05, 0) is 47.1 Å². The molecule has 2 N–H and O–H groups in total. The number of primary amides is 1. The van der Waals surface area contributed by atoms with Gasteiger partial charge in [0, 0.05) is 6.08 Å². The zero-order chi connectivity index (χ0) is 15.1. The van der Waals surface area contributed by atoms with Gasteiger partial charge in [-0.1, -0.05) is 19.9 Å². The van der Waals surface area contributed by atoms with E-state index in [0.717, 1.165) is 6.07 Å². The van der Waals surface area contributed by atoms with Crippen LogP contribution in [0.25, 0.3) is 5.57 Å². The van der Waals surface area contributed by atoms with Crippen LogP contribution in [0.4, 0.5) is 13.2 Å². The monoisotopic (exact) mass is 283 g/mol. The molecule has 0 aromatic heterocycles. The number of hydrogen-bond donors (Lipinski definition) is 1. The topological polar surface area (TPSA) is 43.1 Å². The second-order valence-electron chi connectivity index (χ2n) is 5.96. The van der Waals surface area contributed by atoms with Crippen molar-refractivity contribution in [2.24, 2.45) is 11.1 Å². The third-order valence-corrected chi connectivity index (χ3v) is 3.43. The molecule has 0 spiro atoms. The molecule has 20 heavy (non-hydrogen) atoms. The highest BCUT2D eigenvalue weighted by molar-refractivity contribution is 5.94. The molecule has 1 aromatic rings. The van der Waals surface area contributed by atoms with Crippen molar-refractivity contribution in [3.8, 4) is 0 Å². The Morgan fingerprint density at radius 1 is 1.30 bits per heavy atom. The average molecular weight is 283 g/mol. The predicted molar refractivity (Wildman–Crippen MR) is 70.7 cm³/mol. The quantitative estimate of drug-likeness (QED) is 0.787. The number of fused-ring (bicyclic) bond motifs is 1. The molecule has 1 amide bonds. The summed E-state index contributed by atoms with van der Waals surface area (Å²) < 4.78 is 38.3. The lowest BCUT2D eigenvalue weighted by Gasteiger charge is -2.33. The van der Waals surface area contributed by atoms with Gasteiger partial charge in [0.1, 0.15) is 0 Å². The fraction of sp³-hybridized carbons (Fsp3) is 0.400. The third-order valence-electron chi connectivity index (χ3n) is 3.43. The summed E-state index contributed by atoms with van der Waals surface area (Å²) in [5.41, 5.74) is 6.33. The normalized spacial score (nSPS) is 19.8. The Kier molecular flexibility index (Phi) is 3.40. The van der Waals surface area contributed by atoms with Crippen LogP contribution in [0, 0.1) is 5.41 Å². The molecule has 0 saturated heterocycles. The number of hydrogen-bond acceptors (Lipinski definition) is 1. The lowest BCUT2D eigenvalue weighted by Crippen LogP contribution is -2.23. The van der Waals surface area contributed by atoms with E-state index in [2.05, 4.69) is 0 Å². The first-order chi connectivity index (χ1) is 9.08. The van der Waals surface area contributed by atoms with Crippen molar-refractivity contribution >= 4 is 11.5 Å². The molecule has 0 unspecified atom stereocenters. The van der Waals surface area contributed by atoms with E-state index in [9.17, 15) is 18.0 Å². The van der Waals surface area contributed by atoms with Gasteiger partial charge in [0.15, 0.2) is 0 Å². The SMILES string of the molecule is CC1(C)C/C(=C\C(N)=O)c2ccc(C(F)(F)F)cc2C1. The molecular formula is C15H16F3NO. The molecule has 2 nitrogen and oxygen atoms in total. The van der Waals surface area contributed by atoms with Gasteiger partial charge in [-0.25, -0.2) is 0 Å². The van der Waals surface area contributed by atoms with E-state index in [4.69, 9.17) is 5.73 Å². The van der Waals surface area contributed by atoms with Crippen LogP contribution in [0.1, 0.15) is 37.0 Å². The number of amides is 1. The second-order valence-corrected chi connectivity index (χ2v) is 5.96. The summed E-state index contributed by atoms with van der Waals surface area (Å²) in [5, 5.41) is 0. The minimum absolute atomic E-state index is 0.196. The largest absolute Gasteiger partial charge is 0.416 e. The molecule has 1 aliphatic rings. The van der Waals surface area contributed by atoms with E-state index in [1.807, 2.05) is 13.8 Å². The fourth-order valence-corrected chi connectivity index (χ4v) is 2.72. The van der Waals surface area contributed by atoms with Crippen LogP contribution in [0.3, 0.4) is 0 Å². The summed E-state index contributed by atoms with van der Waals surface area (Å²) in [6.07, 6.45) is -1.88. The molecule has 0 saturated carbocycles. The highest BCUT2D eigenvalue weighted by Crippen LogP contribution is 2.43. The zero-order valence-corrected chi connectivity index (χ0v) is 11.3. The van der Waals surface area contributed by atoms with Crippen molar-refractivity contribution in [1.82, 2.24) is 0 Å². The number of alkyl halides is 3. The summed E-state index contributed by atoms with van der Waals surface area (Å²) in [5.74, 6) is -0.580. The Balaban J connectivity index is 2.56. The van der Waals surface area contributed by atoms with Gasteiger partial charge in [0.05, 0.1) is 5.56 Å². The Bertz CT molecular complexity index is 585. The maximum Gasteiger partial charge on any atom is 0.416 e. The Morgan fingerprint density at radius 3 is 2.50 bits per heavy atom. The van der Waals surface area contributed by atoms with Crippen LogP contribution in [0.2, 0.25) is 0 Å². The van der Waals surface area contributed by atoms with Gasteiger partial charge in [0.25, 0.3) is 0 Å². The number of carbonyl (C=O) groups excluding carboxylic acids is 1. The Hall–Kier alpha value is -1.78. The molecule has 1 aromatic carbocycles. The van der Waals surface area contributed by atoms with Gasteiger partial charge in [-0.2, -0.15) is 13.2 Å². The fourth-order valence-electron chi connectivity index (χ4n) is 2.72. The van der Waals surface area contributed by atoms with E-state index < -0.39 is 17.6 Å². The van der Waals surface area contributed by atoms with Crippen LogP contribution < -0.4 is 5.73 Å². The number of benzene rings is 1. The van der Waals surface area contributed by atoms with Crippen LogP contribution in [-0.2, 0) is 17.4 Å². The molecule has 0 atom stereocenters. The van der Waals surface area contributed by atoms with Crippen LogP contribution >= 0.6 is 0 Å². The average Bonchev–Trinajstić information content (AvgIpc) is 2.24. The van der Waals surface area contributed by atoms with Gasteiger partial charge in [-0.15, -0.1) is 0 Å². The molecule has 0 heterocycles. The molecule has 5 heteroatoms. The Morgan fingerprint density at radius 2 is 1.95 bits per heavy atom. The van der Waals surface area contributed by atoms with Crippen molar-refractivity contribution < 1.29 is 18.0 Å². The minimum atomic E-state index is -4.36. The highest BCUT2D eigenvalue weighted by atomic mass is 19.4. The second kappa shape index (κ2) is 4.65. The summed E-state index contributed by atoms with van der Waals surface area (Å²) in [6.45, 7) is 3.93. The maximum atomic E-state index is 12.8. The van der Waals surface area contributed by atoms with Gasteiger partial charge in [0.2, 0.25) is 5.91 Å². The van der Waals surface area contributed by atoms with E-state index >= 15 is 0 Å². The first-order valence-electron chi connectivity index (χ1n) is 6.29. The van der Waals surface area contributed by atoms with Crippen LogP contribution in [-0.4, -0.2) is 5.91 Å². The molecule has 0 bridgehead atoms. The first kappa shape index (κ1) is 14.6. The number of nitrogens with two attached hydrogens (primary N) is 1. The molecule has 108 valence electrons. The highest BCUT2D eigenvalue weighted by Gasteiger charge is 2.34. The van der Waals surface area contributed by atoms with E-state index in [1.165, 1.54) is 18.2 Å². The van der Waals surface area contributed by atoms with Crippen LogP contribution in [0.5, 0.6) is 0 Å². The number of halogens is 3. The van der Waals surface area contributed by atoms with Crippen molar-refractivity contribution in [2.45, 2.75) is 32.9 Å². The van der Waals surface area contributed by atoms with Gasteiger partial charge < -0.3 is 5.73 Å². The molecule has 1 aliphatic carbocycles. The molecule has 0 aliphatic heterocycles. The standard InChI is InChI=1S/C15H16F3NO/c1-14(2)7-9-5-11(15(16,17)18)3-4-12(9)10(8-14)6-13(19)20/h3-6H,7-8H2,1-2H3,(H2,19,20)/b10-6+. The van der Waals surface area contributed by atoms with Crippen molar-refractivity contribution in [1.29, 1.82) is 0 Å². The summed E-state index contributed by atoms with van der Waals surface area (Å²) in [7, 11) is 0. The smallest absolute Gasteiger partial charge is 0.366 e. The van der Waals surface area contributed by atoms with E-state index in [1.54, 1.807) is 0 Å². The summed E-state index contributed by atoms with van der Waals surface area (Å²) >= 11 is 0. The lowest BCUT2D eigenvalue weighted by atomic mass is 9.71. The predicted octanol–water partition coefficient (Wildman–Crippen LogP) is 3.55. The zero-order valence-electron chi connectivity index (χ0n) is 11.3.